The molecule has 0 saturated carbocycles. The number of amides is 1. The SMILES string of the molecule is O=C(CCSSc1ccccn1)ON1COCCCC1=O. The molecule has 114 valence electrons. The zero-order valence-corrected chi connectivity index (χ0v) is 13.0. The molecule has 0 bridgehead atoms. The Bertz CT molecular complexity index is 472. The molecule has 21 heavy (non-hydrogen) atoms. The molecule has 0 atom stereocenters. The zero-order chi connectivity index (χ0) is 14.9. The lowest BCUT2D eigenvalue weighted by Crippen LogP contribution is -2.33. The normalized spacial score (nSPS) is 15.6. The first-order chi connectivity index (χ1) is 10.3. The molecule has 2 heterocycles. The third-order valence-electron chi connectivity index (χ3n) is 2.55. The third-order valence-corrected chi connectivity index (χ3v) is 4.82. The summed E-state index contributed by atoms with van der Waals surface area (Å²) in [4.78, 5) is 32.5. The maximum Gasteiger partial charge on any atom is 0.333 e. The van der Waals surface area contributed by atoms with Crippen LogP contribution in [0.15, 0.2) is 29.4 Å². The number of hydrogen-bond donors (Lipinski definition) is 0. The van der Waals surface area contributed by atoms with Gasteiger partial charge in [-0.15, -0.1) is 5.06 Å². The van der Waals surface area contributed by atoms with E-state index in [1.54, 1.807) is 6.20 Å². The molecule has 2 rings (SSSR count). The molecule has 0 spiro atoms. The van der Waals surface area contributed by atoms with E-state index in [9.17, 15) is 9.59 Å². The van der Waals surface area contributed by atoms with Gasteiger partial charge < -0.3 is 9.57 Å². The van der Waals surface area contributed by atoms with Crippen LogP contribution in [0, 0.1) is 0 Å². The fourth-order valence-electron chi connectivity index (χ4n) is 1.54. The Kier molecular flexibility index (Phi) is 6.84. The van der Waals surface area contributed by atoms with Crippen LogP contribution < -0.4 is 0 Å². The number of carbonyl (C=O) groups is 2. The summed E-state index contributed by atoms with van der Waals surface area (Å²) in [5, 5.41) is 1.90. The van der Waals surface area contributed by atoms with Gasteiger partial charge in [0.25, 0.3) is 5.91 Å². The van der Waals surface area contributed by atoms with E-state index in [1.165, 1.54) is 21.6 Å². The van der Waals surface area contributed by atoms with Crippen LogP contribution in [0.3, 0.4) is 0 Å². The quantitative estimate of drug-likeness (QED) is 0.586. The van der Waals surface area contributed by atoms with E-state index in [0.29, 0.717) is 25.2 Å². The van der Waals surface area contributed by atoms with Gasteiger partial charge in [-0.05, 0) is 29.3 Å². The second-order valence-corrected chi connectivity index (χ2v) is 6.64. The fourth-order valence-corrected chi connectivity index (χ4v) is 3.39. The topological polar surface area (TPSA) is 68.7 Å². The molecule has 0 aliphatic carbocycles. The predicted molar refractivity (Wildman–Crippen MR) is 80.2 cm³/mol. The van der Waals surface area contributed by atoms with Crippen LogP contribution >= 0.6 is 21.6 Å². The maximum absolute atomic E-state index is 11.7. The van der Waals surface area contributed by atoms with Gasteiger partial charge in [0, 0.05) is 25.0 Å². The molecular formula is C13H16N2O4S2. The highest BCUT2D eigenvalue weighted by atomic mass is 33.1. The highest BCUT2D eigenvalue weighted by Crippen LogP contribution is 2.29. The highest BCUT2D eigenvalue weighted by molar-refractivity contribution is 8.76. The Labute approximate surface area is 130 Å². The molecule has 1 aliphatic rings. The van der Waals surface area contributed by atoms with Crippen LogP contribution in [0.25, 0.3) is 0 Å². The lowest BCUT2D eigenvalue weighted by molar-refractivity contribution is -0.212. The Hall–Kier alpha value is -1.25. The predicted octanol–water partition coefficient (Wildman–Crippen LogP) is 2.27. The summed E-state index contributed by atoms with van der Waals surface area (Å²) in [5.74, 6) is -0.0532. The summed E-state index contributed by atoms with van der Waals surface area (Å²) in [7, 11) is 3.03. The summed E-state index contributed by atoms with van der Waals surface area (Å²) < 4.78 is 5.17. The van der Waals surface area contributed by atoms with Crippen LogP contribution in [-0.2, 0) is 19.2 Å². The molecule has 1 saturated heterocycles. The van der Waals surface area contributed by atoms with Crippen molar-refractivity contribution in [1.82, 2.24) is 10.0 Å². The molecule has 1 amide bonds. The standard InChI is InChI=1S/C13H16N2O4S2/c16-12-5-3-8-18-10-15(12)19-13(17)6-9-20-21-11-4-1-2-7-14-11/h1-2,4,7H,3,5-6,8-10H2. The van der Waals surface area contributed by atoms with Crippen molar-refractivity contribution in [2.24, 2.45) is 0 Å². The van der Waals surface area contributed by atoms with Crippen molar-refractivity contribution in [3.8, 4) is 0 Å². The van der Waals surface area contributed by atoms with E-state index in [2.05, 4.69) is 4.98 Å². The Morgan fingerprint density at radius 3 is 3.19 bits per heavy atom. The number of carbonyl (C=O) groups excluding carboxylic acids is 2. The van der Waals surface area contributed by atoms with Crippen molar-refractivity contribution in [2.75, 3.05) is 19.1 Å². The van der Waals surface area contributed by atoms with Crippen LogP contribution in [0.4, 0.5) is 0 Å². The van der Waals surface area contributed by atoms with E-state index < -0.39 is 5.97 Å². The van der Waals surface area contributed by atoms with Crippen molar-refractivity contribution < 1.29 is 19.2 Å². The molecule has 1 aromatic heterocycles. The molecule has 1 aromatic rings. The van der Waals surface area contributed by atoms with Crippen molar-refractivity contribution in [1.29, 1.82) is 0 Å². The van der Waals surface area contributed by atoms with Crippen molar-refractivity contribution >= 4 is 33.5 Å². The Morgan fingerprint density at radius 2 is 2.38 bits per heavy atom. The lowest BCUT2D eigenvalue weighted by Gasteiger charge is -2.17. The second-order valence-electron chi connectivity index (χ2n) is 4.20. The minimum atomic E-state index is -0.428. The molecule has 6 nitrogen and oxygen atoms in total. The molecule has 0 N–H and O–H groups in total. The number of pyridine rings is 1. The molecular weight excluding hydrogens is 312 g/mol. The van der Waals surface area contributed by atoms with Crippen LogP contribution in [0.2, 0.25) is 0 Å². The van der Waals surface area contributed by atoms with Gasteiger partial charge in [0.1, 0.15) is 5.03 Å². The molecule has 1 fully saturated rings. The van der Waals surface area contributed by atoms with Crippen LogP contribution in [0.1, 0.15) is 19.3 Å². The maximum atomic E-state index is 11.7. The summed E-state index contributed by atoms with van der Waals surface area (Å²) in [6.45, 7) is 0.525. The Balaban J connectivity index is 1.64. The van der Waals surface area contributed by atoms with E-state index in [-0.39, 0.29) is 19.1 Å². The monoisotopic (exact) mass is 328 g/mol. The smallest absolute Gasteiger partial charge is 0.333 e. The third kappa shape index (κ3) is 5.94. The average Bonchev–Trinajstić information content (AvgIpc) is 2.70. The Morgan fingerprint density at radius 1 is 1.48 bits per heavy atom. The van der Waals surface area contributed by atoms with Crippen molar-refractivity contribution in [2.45, 2.75) is 24.3 Å². The minimum absolute atomic E-state index is 0.0143. The van der Waals surface area contributed by atoms with Crippen LogP contribution in [0.5, 0.6) is 0 Å². The summed E-state index contributed by atoms with van der Waals surface area (Å²) in [6.07, 6.45) is 2.96. The summed E-state index contributed by atoms with van der Waals surface area (Å²) >= 11 is 0. The minimum Gasteiger partial charge on any atom is -0.358 e. The van der Waals surface area contributed by atoms with Gasteiger partial charge >= 0.3 is 5.97 Å². The van der Waals surface area contributed by atoms with Gasteiger partial charge in [0.05, 0.1) is 6.42 Å². The first-order valence-corrected chi connectivity index (χ1v) is 8.87. The summed E-state index contributed by atoms with van der Waals surface area (Å²) in [6, 6.07) is 5.67. The van der Waals surface area contributed by atoms with Gasteiger partial charge in [-0.25, -0.2) is 9.78 Å². The van der Waals surface area contributed by atoms with E-state index in [0.717, 1.165) is 10.1 Å². The van der Waals surface area contributed by atoms with Crippen molar-refractivity contribution in [3.63, 3.8) is 0 Å². The van der Waals surface area contributed by atoms with Gasteiger partial charge in [0.2, 0.25) is 0 Å². The molecule has 8 heteroatoms. The second kappa shape index (κ2) is 8.91. The van der Waals surface area contributed by atoms with Crippen LogP contribution in [-0.4, -0.2) is 41.0 Å². The van der Waals surface area contributed by atoms with Gasteiger partial charge in [-0.3, -0.25) is 4.79 Å². The van der Waals surface area contributed by atoms with Gasteiger partial charge in [-0.1, -0.05) is 16.9 Å². The fraction of sp³-hybridized carbons (Fsp3) is 0.462. The molecule has 1 aliphatic heterocycles. The van der Waals surface area contributed by atoms with Gasteiger partial charge in [0.15, 0.2) is 6.73 Å². The lowest BCUT2D eigenvalue weighted by atomic mass is 10.3. The molecule has 0 unspecified atom stereocenters. The number of ether oxygens (including phenoxy) is 1. The molecule has 0 aromatic carbocycles. The zero-order valence-electron chi connectivity index (χ0n) is 11.4. The largest absolute Gasteiger partial charge is 0.358 e. The number of hydrogen-bond acceptors (Lipinski definition) is 7. The highest BCUT2D eigenvalue weighted by Gasteiger charge is 2.21. The number of aromatic nitrogens is 1. The van der Waals surface area contributed by atoms with E-state index in [4.69, 9.17) is 9.57 Å². The first-order valence-electron chi connectivity index (χ1n) is 6.55. The number of rotatable bonds is 6. The average molecular weight is 328 g/mol. The molecule has 0 radical (unpaired) electrons. The van der Waals surface area contributed by atoms with Crippen molar-refractivity contribution in [3.05, 3.63) is 24.4 Å². The first kappa shape index (κ1) is 16.1. The number of hydroxylamine groups is 2. The van der Waals surface area contributed by atoms with E-state index >= 15 is 0 Å². The van der Waals surface area contributed by atoms with Gasteiger partial charge in [-0.2, -0.15) is 0 Å². The summed E-state index contributed by atoms with van der Waals surface area (Å²) in [5.41, 5.74) is 0. The number of nitrogens with zero attached hydrogens (tertiary/aromatic N) is 2. The van der Waals surface area contributed by atoms with E-state index in [1.807, 2.05) is 18.2 Å².